The molecule has 0 aliphatic rings. The first kappa shape index (κ1) is 40.2. The first-order chi connectivity index (χ1) is 19.1. The monoisotopic (exact) mass is 658 g/mol. The molecule has 0 radical (unpaired) electrons. The van der Waals surface area contributed by atoms with Gasteiger partial charge in [-0.15, -0.1) is 0 Å². The molecule has 0 aromatic rings. The highest BCUT2D eigenvalue weighted by Gasteiger charge is 2.37. The molecule has 0 aromatic carbocycles. The lowest BCUT2D eigenvalue weighted by Gasteiger charge is -2.35. The van der Waals surface area contributed by atoms with Gasteiger partial charge in [0.1, 0.15) is 26.4 Å². The van der Waals surface area contributed by atoms with Crippen LogP contribution in [0.25, 0.3) is 0 Å². The second-order valence-corrected chi connectivity index (χ2v) is 14.6. The number of rotatable bonds is 22. The Kier molecular flexibility index (Phi) is 20.6. The molecule has 0 bridgehead atoms. The molecule has 0 fully saturated rings. The zero-order valence-electron chi connectivity index (χ0n) is 25.3. The third-order valence-corrected chi connectivity index (χ3v) is 7.05. The molecular weight excluding hydrogens is 609 g/mol. The topological polar surface area (TPSA) is 114 Å². The van der Waals surface area contributed by atoms with Crippen LogP contribution in [0.15, 0.2) is 0 Å². The van der Waals surface area contributed by atoms with E-state index in [4.69, 9.17) is 23.7 Å². The molecular formula is C28H50O9S4. The van der Waals surface area contributed by atoms with E-state index < -0.39 is 34.7 Å². The molecule has 0 aromatic heterocycles. The van der Waals surface area contributed by atoms with Crippen LogP contribution in [0.3, 0.4) is 0 Å². The molecule has 0 aliphatic carbocycles. The fourth-order valence-electron chi connectivity index (χ4n) is 3.48. The van der Waals surface area contributed by atoms with Crippen LogP contribution in [-0.2, 0) is 42.9 Å². The summed E-state index contributed by atoms with van der Waals surface area (Å²) in [5.41, 5.74) is -1.67. The fourth-order valence-corrected chi connectivity index (χ4v) is 4.08. The number of esters is 4. The van der Waals surface area contributed by atoms with Gasteiger partial charge in [0.2, 0.25) is 0 Å². The van der Waals surface area contributed by atoms with Gasteiger partial charge in [-0.05, 0) is 12.8 Å². The Balaban J connectivity index is 5.74. The van der Waals surface area contributed by atoms with Crippen molar-refractivity contribution in [3.8, 4) is 0 Å². The smallest absolute Gasteiger partial charge is 0.306 e. The molecule has 4 atom stereocenters. The van der Waals surface area contributed by atoms with Gasteiger partial charge in [-0.2, -0.15) is 50.5 Å². The van der Waals surface area contributed by atoms with Crippen LogP contribution in [0, 0.1) is 10.8 Å². The predicted molar refractivity (Wildman–Crippen MR) is 172 cm³/mol. The van der Waals surface area contributed by atoms with Crippen LogP contribution >= 0.6 is 50.5 Å². The zero-order chi connectivity index (χ0) is 31.6. The van der Waals surface area contributed by atoms with Gasteiger partial charge < -0.3 is 23.7 Å². The van der Waals surface area contributed by atoms with E-state index in [1.54, 1.807) is 27.7 Å². The zero-order valence-corrected chi connectivity index (χ0v) is 28.8. The molecule has 13 heteroatoms. The average molecular weight is 659 g/mol. The third-order valence-electron chi connectivity index (χ3n) is 6.32. The summed E-state index contributed by atoms with van der Waals surface area (Å²) in [5.74, 6) is -1.67. The molecule has 0 rings (SSSR count). The van der Waals surface area contributed by atoms with Crippen molar-refractivity contribution in [2.45, 2.75) is 101 Å². The van der Waals surface area contributed by atoms with E-state index in [9.17, 15) is 19.2 Å². The minimum absolute atomic E-state index is 0.0324. The Labute approximate surface area is 267 Å². The second-order valence-electron chi connectivity index (χ2n) is 11.1. The lowest BCUT2D eigenvalue weighted by Crippen LogP contribution is -2.42. The Morgan fingerprint density at radius 3 is 0.878 bits per heavy atom. The lowest BCUT2D eigenvalue weighted by atomic mass is 9.86. The van der Waals surface area contributed by atoms with Crippen molar-refractivity contribution >= 4 is 74.4 Å². The number of thiol groups is 4. The van der Waals surface area contributed by atoms with E-state index in [1.807, 2.05) is 13.8 Å². The molecule has 240 valence electrons. The van der Waals surface area contributed by atoms with Crippen molar-refractivity contribution in [1.29, 1.82) is 0 Å². The van der Waals surface area contributed by atoms with Gasteiger partial charge in [-0.25, -0.2) is 0 Å². The maximum Gasteiger partial charge on any atom is 0.306 e. The number of hydrogen-bond acceptors (Lipinski definition) is 13. The van der Waals surface area contributed by atoms with Crippen LogP contribution in [0.5, 0.6) is 0 Å². The summed E-state index contributed by atoms with van der Waals surface area (Å²) < 4.78 is 28.3. The minimum Gasteiger partial charge on any atom is -0.465 e. The molecule has 0 spiro atoms. The highest BCUT2D eigenvalue weighted by atomic mass is 32.1. The molecule has 0 saturated carbocycles. The average Bonchev–Trinajstić information content (AvgIpc) is 2.85. The first-order valence-corrected chi connectivity index (χ1v) is 16.1. The van der Waals surface area contributed by atoms with E-state index in [-0.39, 0.29) is 86.3 Å². The fraction of sp³-hybridized carbons (Fsp3) is 0.857. The first-order valence-electron chi connectivity index (χ1n) is 14.0. The van der Waals surface area contributed by atoms with Crippen LogP contribution in [-0.4, -0.2) is 84.5 Å². The maximum atomic E-state index is 12.3. The predicted octanol–water partition coefficient (Wildman–Crippen LogP) is 4.80. The third kappa shape index (κ3) is 19.2. The van der Waals surface area contributed by atoms with Gasteiger partial charge >= 0.3 is 23.9 Å². The largest absolute Gasteiger partial charge is 0.465 e. The summed E-state index contributed by atoms with van der Waals surface area (Å²) in [5, 5.41) is -0.681. The second kappa shape index (κ2) is 21.0. The molecule has 41 heavy (non-hydrogen) atoms. The Morgan fingerprint density at radius 2 is 0.707 bits per heavy atom. The summed E-state index contributed by atoms with van der Waals surface area (Å²) in [4.78, 5) is 49.2. The lowest BCUT2D eigenvalue weighted by molar-refractivity contribution is -0.163. The van der Waals surface area contributed by atoms with E-state index >= 15 is 0 Å². The van der Waals surface area contributed by atoms with Crippen molar-refractivity contribution in [1.82, 2.24) is 0 Å². The van der Waals surface area contributed by atoms with E-state index in [0.717, 1.165) is 0 Å². The van der Waals surface area contributed by atoms with Crippen LogP contribution in [0.2, 0.25) is 0 Å². The van der Waals surface area contributed by atoms with E-state index in [1.165, 1.54) is 0 Å². The van der Waals surface area contributed by atoms with E-state index in [0.29, 0.717) is 12.8 Å². The number of carbonyl (C=O) groups excluding carboxylic acids is 4. The maximum absolute atomic E-state index is 12.3. The molecule has 0 aliphatic heterocycles. The quantitative estimate of drug-likeness (QED) is 0.0740. The van der Waals surface area contributed by atoms with Gasteiger partial charge in [0.05, 0.1) is 49.7 Å². The van der Waals surface area contributed by atoms with Gasteiger partial charge in [0, 0.05) is 21.0 Å². The van der Waals surface area contributed by atoms with Gasteiger partial charge in [0.25, 0.3) is 0 Å². The molecule has 0 N–H and O–H groups in total. The normalized spacial score (nSPS) is 17.2. The van der Waals surface area contributed by atoms with Crippen molar-refractivity contribution < 1.29 is 42.9 Å². The summed E-state index contributed by atoms with van der Waals surface area (Å²) in [6.07, 6.45) is 1.48. The SMILES string of the molecule is CCC(COCC(CC)(COC(=O)CC(C)S)COC(=O)CC(C)S)(COC(=O)CC(C)S)COC(=O)CC(C)S. The Hall–Kier alpha value is -0.760. The summed E-state index contributed by atoms with van der Waals surface area (Å²) in [6.45, 7) is 11.0. The standard InChI is InChI=1S/C28H50O9S4/c1-7-27(15-34-23(29)9-19(3)38,16-35-24(30)10-20(4)39)13-33-14-28(8-2,17-36-25(31)11-21(5)40)18-37-26(32)12-22(6)41/h19-22,38-41H,7-18H2,1-6H3. The molecule has 0 heterocycles. The number of ether oxygens (including phenoxy) is 5. The van der Waals surface area contributed by atoms with Crippen LogP contribution in [0.1, 0.15) is 80.1 Å². The van der Waals surface area contributed by atoms with Crippen LogP contribution < -0.4 is 0 Å². The molecule has 0 amide bonds. The van der Waals surface area contributed by atoms with E-state index in [2.05, 4.69) is 50.5 Å². The van der Waals surface area contributed by atoms with Crippen molar-refractivity contribution in [2.75, 3.05) is 39.6 Å². The minimum atomic E-state index is -0.833. The molecule has 4 unspecified atom stereocenters. The summed E-state index contributed by atoms with van der Waals surface area (Å²) in [6, 6.07) is 0. The van der Waals surface area contributed by atoms with Crippen molar-refractivity contribution in [3.63, 3.8) is 0 Å². The Bertz CT molecular complexity index is 687. The summed E-state index contributed by atoms with van der Waals surface area (Å²) >= 11 is 17.0. The number of carbonyl (C=O) groups is 4. The van der Waals surface area contributed by atoms with Gasteiger partial charge in [-0.1, -0.05) is 41.5 Å². The molecule has 9 nitrogen and oxygen atoms in total. The summed E-state index contributed by atoms with van der Waals surface area (Å²) in [7, 11) is 0. The molecule has 0 saturated heterocycles. The van der Waals surface area contributed by atoms with Crippen LogP contribution in [0.4, 0.5) is 0 Å². The Morgan fingerprint density at radius 1 is 0.488 bits per heavy atom. The highest BCUT2D eigenvalue weighted by Crippen LogP contribution is 2.29. The van der Waals surface area contributed by atoms with Crippen molar-refractivity contribution in [2.24, 2.45) is 10.8 Å². The number of hydrogen-bond donors (Lipinski definition) is 4. The van der Waals surface area contributed by atoms with Crippen molar-refractivity contribution in [3.05, 3.63) is 0 Å². The van der Waals surface area contributed by atoms with Gasteiger partial charge in [0.15, 0.2) is 0 Å². The highest BCUT2D eigenvalue weighted by molar-refractivity contribution is 7.81. The van der Waals surface area contributed by atoms with Gasteiger partial charge in [-0.3, -0.25) is 19.2 Å².